The molecule has 1 aliphatic heterocycles. The van der Waals surface area contributed by atoms with Gasteiger partial charge in [0.05, 0.1) is 17.9 Å². The van der Waals surface area contributed by atoms with Crippen molar-refractivity contribution >= 4 is 17.8 Å². The van der Waals surface area contributed by atoms with Gasteiger partial charge in [0.25, 0.3) is 0 Å². The lowest BCUT2D eigenvalue weighted by atomic mass is 9.41. The van der Waals surface area contributed by atoms with Crippen molar-refractivity contribution in [2.24, 2.45) is 23.7 Å². The molecular weight excluding hydrogens is 406 g/mol. The van der Waals surface area contributed by atoms with E-state index in [4.69, 9.17) is 9.47 Å². The largest absolute Gasteiger partial charge is 0.463 e. The number of likely N-dealkylation sites (tertiary alicyclic amines) is 1. The van der Waals surface area contributed by atoms with E-state index >= 15 is 0 Å². The van der Waals surface area contributed by atoms with Crippen molar-refractivity contribution in [2.45, 2.75) is 38.2 Å². The van der Waals surface area contributed by atoms with E-state index in [0.717, 1.165) is 11.1 Å². The van der Waals surface area contributed by atoms with Crippen LogP contribution in [0.4, 0.5) is 0 Å². The van der Waals surface area contributed by atoms with Crippen molar-refractivity contribution in [2.75, 3.05) is 19.8 Å². The number of hydrogen-bond donors (Lipinski definition) is 0. The summed E-state index contributed by atoms with van der Waals surface area (Å²) in [5, 5.41) is 0. The molecule has 6 nitrogen and oxygen atoms in total. The normalized spacial score (nSPS) is 34.0. The third-order valence-electron chi connectivity index (χ3n) is 7.72. The predicted molar refractivity (Wildman–Crippen MR) is 118 cm³/mol. The molecule has 2 amide bonds. The number of imide groups is 1. The van der Waals surface area contributed by atoms with E-state index in [9.17, 15) is 14.4 Å². The summed E-state index contributed by atoms with van der Waals surface area (Å²) in [5.74, 6) is -1.66. The Kier molecular flexibility index (Phi) is 5.08. The van der Waals surface area contributed by atoms with Gasteiger partial charge in [0, 0.05) is 17.9 Å². The third kappa shape index (κ3) is 2.78. The van der Waals surface area contributed by atoms with Crippen LogP contribution in [0, 0.1) is 23.7 Å². The maximum atomic E-state index is 13.6. The third-order valence-corrected chi connectivity index (χ3v) is 7.72. The van der Waals surface area contributed by atoms with Crippen molar-refractivity contribution in [3.05, 3.63) is 59.7 Å². The summed E-state index contributed by atoms with van der Waals surface area (Å²) >= 11 is 0. The Labute approximate surface area is 188 Å². The molecule has 32 heavy (non-hydrogen) atoms. The van der Waals surface area contributed by atoms with E-state index < -0.39 is 23.2 Å². The Morgan fingerprint density at radius 3 is 2.59 bits per heavy atom. The molecular formula is C26H29NO5. The average molecular weight is 436 g/mol. The van der Waals surface area contributed by atoms with Gasteiger partial charge in [0.2, 0.25) is 11.8 Å². The molecule has 168 valence electrons. The lowest BCUT2D eigenvalue weighted by Gasteiger charge is -2.60. The second kappa shape index (κ2) is 7.69. The van der Waals surface area contributed by atoms with E-state index in [0.29, 0.717) is 6.54 Å². The van der Waals surface area contributed by atoms with Crippen LogP contribution in [0.2, 0.25) is 0 Å². The van der Waals surface area contributed by atoms with E-state index in [-0.39, 0.29) is 48.9 Å². The van der Waals surface area contributed by atoms with Crippen LogP contribution in [-0.2, 0) is 29.3 Å². The fourth-order valence-electron chi connectivity index (χ4n) is 6.59. The number of rotatable bonds is 6. The first-order valence-corrected chi connectivity index (χ1v) is 11.5. The van der Waals surface area contributed by atoms with E-state index in [1.54, 1.807) is 0 Å². The molecule has 0 N–H and O–H groups in total. The molecule has 1 saturated carbocycles. The standard InChI is InChI=1S/C26H29NO5/c1-4-27-24(29)22-21-16-9-5-7-11-18(16)26(23(22)25(27)30,19-12-8-6-10-17(19)21)14-32-20(28)13-31-15(2)3/h5-12,15-16,18,21-23H,4,13-14H2,1-3H3. The Morgan fingerprint density at radius 1 is 1.09 bits per heavy atom. The van der Waals surface area contributed by atoms with Gasteiger partial charge in [-0.3, -0.25) is 14.5 Å². The van der Waals surface area contributed by atoms with Gasteiger partial charge in [-0.05, 0) is 43.7 Å². The number of esters is 1. The zero-order valence-electron chi connectivity index (χ0n) is 18.7. The minimum Gasteiger partial charge on any atom is -0.463 e. The van der Waals surface area contributed by atoms with E-state index in [1.807, 2.05) is 51.1 Å². The van der Waals surface area contributed by atoms with Crippen LogP contribution in [-0.4, -0.2) is 48.5 Å². The van der Waals surface area contributed by atoms with Crippen molar-refractivity contribution in [3.8, 4) is 0 Å². The summed E-state index contributed by atoms with van der Waals surface area (Å²) < 4.78 is 11.2. The van der Waals surface area contributed by atoms with Crippen molar-refractivity contribution in [1.82, 2.24) is 4.90 Å². The van der Waals surface area contributed by atoms with Crippen LogP contribution in [0.15, 0.2) is 48.6 Å². The minimum absolute atomic E-state index is 0.0268. The molecule has 1 heterocycles. The number of hydrogen-bond acceptors (Lipinski definition) is 5. The molecule has 4 aliphatic carbocycles. The van der Waals surface area contributed by atoms with Crippen molar-refractivity contribution in [3.63, 3.8) is 0 Å². The number of benzene rings is 1. The van der Waals surface area contributed by atoms with Gasteiger partial charge in [-0.1, -0.05) is 48.6 Å². The van der Waals surface area contributed by atoms with Crippen molar-refractivity contribution in [1.29, 1.82) is 0 Å². The zero-order chi connectivity index (χ0) is 22.6. The number of carbonyl (C=O) groups excluding carboxylic acids is 3. The van der Waals surface area contributed by atoms with Crippen LogP contribution < -0.4 is 0 Å². The summed E-state index contributed by atoms with van der Waals surface area (Å²) in [4.78, 5) is 41.0. The molecule has 6 heteroatoms. The molecule has 2 bridgehead atoms. The van der Waals surface area contributed by atoms with Crippen LogP contribution in [0.5, 0.6) is 0 Å². The summed E-state index contributed by atoms with van der Waals surface area (Å²) in [6, 6.07) is 8.08. The number of amides is 2. The van der Waals surface area contributed by atoms with Gasteiger partial charge < -0.3 is 9.47 Å². The van der Waals surface area contributed by atoms with Gasteiger partial charge in [-0.15, -0.1) is 0 Å². The fraction of sp³-hybridized carbons (Fsp3) is 0.500. The molecule has 5 aliphatic rings. The Bertz CT molecular complexity index is 1030. The number of ether oxygens (including phenoxy) is 2. The Balaban J connectivity index is 1.64. The summed E-state index contributed by atoms with van der Waals surface area (Å²) in [6.07, 6.45) is 8.23. The molecule has 6 atom stereocenters. The highest BCUT2D eigenvalue weighted by Crippen LogP contribution is 2.67. The quantitative estimate of drug-likeness (QED) is 0.507. The molecule has 1 saturated heterocycles. The summed E-state index contributed by atoms with van der Waals surface area (Å²) in [5.41, 5.74) is 1.35. The molecule has 6 unspecified atom stereocenters. The lowest BCUT2D eigenvalue weighted by Crippen LogP contribution is -2.62. The van der Waals surface area contributed by atoms with Gasteiger partial charge in [-0.25, -0.2) is 4.79 Å². The monoisotopic (exact) mass is 435 g/mol. The van der Waals surface area contributed by atoms with Gasteiger partial charge >= 0.3 is 5.97 Å². The zero-order valence-corrected chi connectivity index (χ0v) is 18.7. The highest BCUT2D eigenvalue weighted by atomic mass is 16.6. The predicted octanol–water partition coefficient (Wildman–Crippen LogP) is 2.98. The maximum Gasteiger partial charge on any atom is 0.332 e. The van der Waals surface area contributed by atoms with E-state index in [1.165, 1.54) is 4.90 Å². The highest BCUT2D eigenvalue weighted by Gasteiger charge is 2.71. The number of allylic oxidation sites excluding steroid dienone is 4. The smallest absolute Gasteiger partial charge is 0.332 e. The van der Waals surface area contributed by atoms with Crippen LogP contribution >= 0.6 is 0 Å². The first-order chi connectivity index (χ1) is 15.4. The second-order valence-corrected chi connectivity index (χ2v) is 9.47. The molecule has 0 radical (unpaired) electrons. The van der Waals surface area contributed by atoms with Crippen LogP contribution in [0.25, 0.3) is 0 Å². The molecule has 1 aromatic rings. The maximum absolute atomic E-state index is 13.6. The van der Waals surface area contributed by atoms with Crippen molar-refractivity contribution < 1.29 is 23.9 Å². The average Bonchev–Trinajstić information content (AvgIpc) is 3.07. The van der Waals surface area contributed by atoms with Gasteiger partial charge in [-0.2, -0.15) is 0 Å². The minimum atomic E-state index is -0.786. The topological polar surface area (TPSA) is 72.9 Å². The second-order valence-electron chi connectivity index (χ2n) is 9.47. The summed E-state index contributed by atoms with van der Waals surface area (Å²) in [7, 11) is 0. The molecule has 6 rings (SSSR count). The number of carbonyl (C=O) groups is 3. The lowest BCUT2D eigenvalue weighted by molar-refractivity contribution is -0.159. The Hall–Kier alpha value is -2.73. The SMILES string of the molecule is CCN1C(=O)C2C3c4ccccc4C(COC(=O)COC(C)C)(C4C=CC=CC34)C2C1=O. The van der Waals surface area contributed by atoms with E-state index in [2.05, 4.69) is 18.2 Å². The van der Waals surface area contributed by atoms with Gasteiger partial charge in [0.1, 0.15) is 13.2 Å². The molecule has 0 spiro atoms. The molecule has 0 aromatic heterocycles. The molecule has 1 aromatic carbocycles. The highest BCUT2D eigenvalue weighted by molar-refractivity contribution is 6.07. The first-order valence-electron chi connectivity index (χ1n) is 11.5. The molecule has 2 fully saturated rings. The Morgan fingerprint density at radius 2 is 1.84 bits per heavy atom. The van der Waals surface area contributed by atoms with Crippen LogP contribution in [0.1, 0.15) is 37.8 Å². The van der Waals surface area contributed by atoms with Crippen LogP contribution in [0.3, 0.4) is 0 Å². The van der Waals surface area contributed by atoms with Gasteiger partial charge in [0.15, 0.2) is 0 Å². The number of nitrogens with zero attached hydrogens (tertiary/aromatic N) is 1. The fourth-order valence-corrected chi connectivity index (χ4v) is 6.59. The first kappa shape index (κ1) is 21.1. The summed E-state index contributed by atoms with van der Waals surface area (Å²) in [6.45, 7) is 5.83.